The van der Waals surface area contributed by atoms with E-state index in [1.54, 1.807) is 0 Å². The highest BCUT2D eigenvalue weighted by molar-refractivity contribution is 9.10. The van der Waals surface area contributed by atoms with E-state index in [1.165, 1.54) is 24.2 Å². The topological polar surface area (TPSA) is 62.3 Å². The van der Waals surface area contributed by atoms with E-state index in [0.717, 1.165) is 28.6 Å². The third kappa shape index (κ3) is 3.69. The van der Waals surface area contributed by atoms with E-state index in [-0.39, 0.29) is 17.7 Å². The van der Waals surface area contributed by atoms with Gasteiger partial charge in [0.15, 0.2) is 5.13 Å². The molecule has 2 aromatic rings. The van der Waals surface area contributed by atoms with Crippen LogP contribution in [-0.4, -0.2) is 34.3 Å². The molecular weight excluding hydrogens is 414 g/mol. The summed E-state index contributed by atoms with van der Waals surface area (Å²) in [5, 5.41) is 5.41. The Morgan fingerprint density at radius 1 is 1.31 bits per heavy atom. The minimum atomic E-state index is -0.277. The number of rotatable bonds is 4. The van der Waals surface area contributed by atoms with Crippen molar-refractivity contribution in [2.24, 2.45) is 5.92 Å². The zero-order valence-electron chi connectivity index (χ0n) is 14.3. The zero-order chi connectivity index (χ0) is 18.1. The van der Waals surface area contributed by atoms with E-state index in [2.05, 4.69) is 26.2 Å². The molecule has 2 fully saturated rings. The van der Waals surface area contributed by atoms with Crippen molar-refractivity contribution in [1.82, 2.24) is 9.88 Å². The fraction of sp³-hybridized carbons (Fsp3) is 0.421. The van der Waals surface area contributed by atoms with Gasteiger partial charge >= 0.3 is 0 Å². The predicted octanol–water partition coefficient (Wildman–Crippen LogP) is 4.30. The number of amides is 2. The first kappa shape index (κ1) is 17.7. The summed E-state index contributed by atoms with van der Waals surface area (Å²) < 4.78 is 0.991. The Bertz CT molecular complexity index is 832. The molecule has 1 saturated carbocycles. The van der Waals surface area contributed by atoms with Crippen molar-refractivity contribution in [1.29, 1.82) is 0 Å². The van der Waals surface area contributed by atoms with Crippen molar-refractivity contribution in [3.63, 3.8) is 0 Å². The van der Waals surface area contributed by atoms with Crippen LogP contribution < -0.4 is 5.32 Å². The number of nitrogens with zero attached hydrogens (tertiary/aromatic N) is 2. The van der Waals surface area contributed by atoms with Gasteiger partial charge in [-0.3, -0.25) is 9.59 Å². The molecule has 7 heteroatoms. The number of hydrogen-bond acceptors (Lipinski definition) is 4. The average molecular weight is 434 g/mol. The summed E-state index contributed by atoms with van der Waals surface area (Å²) in [5.74, 6) is -0.263. The Kier molecular flexibility index (Phi) is 5.09. The summed E-state index contributed by atoms with van der Waals surface area (Å²) in [6.07, 6.45) is 4.82. The number of halogens is 1. The standard InChI is InChI=1S/C19H20BrN3O2S/c20-14-5-3-4-12(8-14)16-11-26-19(21-16)22-18(25)13-9-17(24)23(10-13)15-6-1-2-7-15/h3-5,8,11,13,15H,1-2,6-7,9-10H2,(H,21,22,25). The first-order valence-corrected chi connectivity index (χ1v) is 10.6. The van der Waals surface area contributed by atoms with Crippen molar-refractivity contribution in [3.8, 4) is 11.3 Å². The van der Waals surface area contributed by atoms with Gasteiger partial charge in [0.1, 0.15) is 0 Å². The summed E-state index contributed by atoms with van der Waals surface area (Å²) >= 11 is 4.87. The molecule has 0 radical (unpaired) electrons. The minimum absolute atomic E-state index is 0.103. The third-order valence-corrected chi connectivity index (χ3v) is 6.40. The number of carbonyl (C=O) groups excluding carboxylic acids is 2. The quantitative estimate of drug-likeness (QED) is 0.781. The van der Waals surface area contributed by atoms with E-state index >= 15 is 0 Å². The van der Waals surface area contributed by atoms with E-state index < -0.39 is 0 Å². The van der Waals surface area contributed by atoms with Gasteiger partial charge in [-0.1, -0.05) is 40.9 Å². The lowest BCUT2D eigenvalue weighted by Gasteiger charge is -2.23. The first-order chi connectivity index (χ1) is 12.6. The van der Waals surface area contributed by atoms with Crippen LogP contribution in [0.15, 0.2) is 34.1 Å². The molecule has 1 aliphatic heterocycles. The van der Waals surface area contributed by atoms with Gasteiger partial charge in [-0.05, 0) is 25.0 Å². The monoisotopic (exact) mass is 433 g/mol. The van der Waals surface area contributed by atoms with E-state index in [0.29, 0.717) is 24.1 Å². The number of nitrogens with one attached hydrogen (secondary N) is 1. The van der Waals surface area contributed by atoms with Crippen molar-refractivity contribution < 1.29 is 9.59 Å². The summed E-state index contributed by atoms with van der Waals surface area (Å²) in [6.45, 7) is 0.541. The van der Waals surface area contributed by atoms with Gasteiger partial charge in [-0.25, -0.2) is 4.98 Å². The molecule has 5 nitrogen and oxygen atoms in total. The molecule has 1 aliphatic carbocycles. The SMILES string of the molecule is O=C(Nc1nc(-c2cccc(Br)c2)cs1)C1CC(=O)N(C2CCCC2)C1. The number of hydrogen-bond donors (Lipinski definition) is 1. The molecular formula is C19H20BrN3O2S. The number of aromatic nitrogens is 1. The molecule has 1 saturated heterocycles. The van der Waals surface area contributed by atoms with Crippen LogP contribution in [-0.2, 0) is 9.59 Å². The second kappa shape index (κ2) is 7.48. The number of benzene rings is 1. The highest BCUT2D eigenvalue weighted by Gasteiger charge is 2.38. The van der Waals surface area contributed by atoms with Gasteiger partial charge in [0, 0.05) is 34.4 Å². The van der Waals surface area contributed by atoms with Crippen LogP contribution in [0.4, 0.5) is 5.13 Å². The van der Waals surface area contributed by atoms with Gasteiger partial charge < -0.3 is 10.2 Å². The predicted molar refractivity (Wildman–Crippen MR) is 106 cm³/mol. The number of anilines is 1. The molecule has 2 aliphatic rings. The number of thiazole rings is 1. The lowest BCUT2D eigenvalue weighted by atomic mass is 10.1. The summed E-state index contributed by atoms with van der Waals surface area (Å²) in [4.78, 5) is 31.3. The smallest absolute Gasteiger partial charge is 0.231 e. The maximum Gasteiger partial charge on any atom is 0.231 e. The molecule has 1 aromatic heterocycles. The van der Waals surface area contributed by atoms with Gasteiger partial charge in [0.25, 0.3) is 0 Å². The Balaban J connectivity index is 1.40. The molecule has 1 unspecified atom stereocenters. The Hall–Kier alpha value is -1.73. The Morgan fingerprint density at radius 3 is 2.88 bits per heavy atom. The summed E-state index contributed by atoms with van der Waals surface area (Å²) in [7, 11) is 0. The van der Waals surface area contributed by atoms with Crippen LogP contribution in [0.5, 0.6) is 0 Å². The van der Waals surface area contributed by atoms with E-state index in [4.69, 9.17) is 0 Å². The fourth-order valence-electron chi connectivity index (χ4n) is 3.80. The number of carbonyl (C=O) groups is 2. The molecule has 1 N–H and O–H groups in total. The van der Waals surface area contributed by atoms with Gasteiger partial charge in [-0.2, -0.15) is 0 Å². The second-order valence-corrected chi connectivity index (χ2v) is 8.70. The zero-order valence-corrected chi connectivity index (χ0v) is 16.7. The number of likely N-dealkylation sites (tertiary alicyclic amines) is 1. The average Bonchev–Trinajstić information content (AvgIpc) is 3.35. The van der Waals surface area contributed by atoms with Crippen molar-refractivity contribution in [3.05, 3.63) is 34.1 Å². The highest BCUT2D eigenvalue weighted by Crippen LogP contribution is 2.31. The Labute approximate surface area is 164 Å². The van der Waals surface area contributed by atoms with Gasteiger partial charge in [0.2, 0.25) is 11.8 Å². The molecule has 0 bridgehead atoms. The lowest BCUT2D eigenvalue weighted by molar-refractivity contribution is -0.129. The van der Waals surface area contributed by atoms with Crippen molar-refractivity contribution in [2.45, 2.75) is 38.1 Å². The van der Waals surface area contributed by atoms with Crippen molar-refractivity contribution in [2.75, 3.05) is 11.9 Å². The third-order valence-electron chi connectivity index (χ3n) is 5.15. The van der Waals surface area contributed by atoms with Crippen LogP contribution in [0.3, 0.4) is 0 Å². The maximum absolute atomic E-state index is 12.6. The fourth-order valence-corrected chi connectivity index (χ4v) is 4.92. The molecule has 2 heterocycles. The van der Waals surface area contributed by atoms with E-state index in [1.807, 2.05) is 34.5 Å². The van der Waals surface area contributed by atoms with Gasteiger partial charge in [0.05, 0.1) is 11.6 Å². The Morgan fingerprint density at radius 2 is 2.12 bits per heavy atom. The summed E-state index contributed by atoms with van der Waals surface area (Å²) in [5.41, 5.74) is 1.83. The summed E-state index contributed by atoms with van der Waals surface area (Å²) in [6, 6.07) is 8.24. The molecule has 4 rings (SSSR count). The van der Waals surface area contributed by atoms with E-state index in [9.17, 15) is 9.59 Å². The molecule has 1 aromatic carbocycles. The largest absolute Gasteiger partial charge is 0.339 e. The molecule has 0 spiro atoms. The first-order valence-electron chi connectivity index (χ1n) is 8.92. The maximum atomic E-state index is 12.6. The molecule has 26 heavy (non-hydrogen) atoms. The second-order valence-electron chi connectivity index (χ2n) is 6.92. The van der Waals surface area contributed by atoms with Crippen LogP contribution in [0.2, 0.25) is 0 Å². The van der Waals surface area contributed by atoms with Gasteiger partial charge in [-0.15, -0.1) is 11.3 Å². The normalized spacial score (nSPS) is 20.7. The van der Waals surface area contributed by atoms with Crippen LogP contribution >= 0.6 is 27.3 Å². The lowest BCUT2D eigenvalue weighted by Crippen LogP contribution is -2.35. The van der Waals surface area contributed by atoms with Crippen molar-refractivity contribution >= 4 is 44.2 Å². The van der Waals surface area contributed by atoms with Crippen LogP contribution in [0.1, 0.15) is 32.1 Å². The van der Waals surface area contributed by atoms with Crippen LogP contribution in [0, 0.1) is 5.92 Å². The molecule has 136 valence electrons. The highest BCUT2D eigenvalue weighted by atomic mass is 79.9. The van der Waals surface area contributed by atoms with Crippen LogP contribution in [0.25, 0.3) is 11.3 Å². The molecule has 1 atom stereocenters. The minimum Gasteiger partial charge on any atom is -0.339 e. The molecule has 2 amide bonds.